The first-order valence-electron chi connectivity index (χ1n) is 10.00. The molecule has 4 rings (SSSR count). The summed E-state index contributed by atoms with van der Waals surface area (Å²) in [5, 5.41) is 24.5. The predicted molar refractivity (Wildman–Crippen MR) is 113 cm³/mol. The van der Waals surface area contributed by atoms with E-state index >= 15 is 0 Å². The molecule has 11 heteroatoms. The number of aliphatic hydroxyl groups is 1. The fourth-order valence-corrected chi connectivity index (χ4v) is 3.05. The number of hydrogen-bond donors (Lipinski definition) is 3. The molecule has 1 unspecified atom stereocenters. The average molecular weight is 439 g/mol. The average Bonchev–Trinajstić information content (AvgIpc) is 3.16. The van der Waals surface area contributed by atoms with Gasteiger partial charge in [-0.15, -0.1) is 0 Å². The molecule has 4 heterocycles. The van der Waals surface area contributed by atoms with Crippen molar-refractivity contribution in [3.8, 4) is 11.9 Å². The molecule has 1 aliphatic heterocycles. The number of carbonyl (C=O) groups is 1. The van der Waals surface area contributed by atoms with Crippen molar-refractivity contribution >= 4 is 22.9 Å². The number of aromatic nitrogens is 4. The van der Waals surface area contributed by atoms with E-state index in [1.165, 1.54) is 26.4 Å². The molecule has 1 amide bonds. The van der Waals surface area contributed by atoms with Crippen LogP contribution in [0.25, 0.3) is 17.0 Å². The fraction of sp³-hybridized carbons (Fsp3) is 0.381. The zero-order valence-corrected chi connectivity index (χ0v) is 17.5. The summed E-state index contributed by atoms with van der Waals surface area (Å²) >= 11 is 0. The largest absolute Gasteiger partial charge is 0.387 e. The molecule has 166 valence electrons. The number of rotatable bonds is 7. The molecular formula is C21H22FN7O3. The summed E-state index contributed by atoms with van der Waals surface area (Å²) < 4.78 is 20.9. The number of imidazole rings is 1. The number of hydrogen-bond acceptors (Lipinski definition) is 8. The maximum Gasteiger partial charge on any atom is 0.255 e. The van der Waals surface area contributed by atoms with Gasteiger partial charge in [-0.05, 0) is 32.0 Å². The molecule has 1 aliphatic rings. The molecule has 3 N–H and O–H groups in total. The van der Waals surface area contributed by atoms with Crippen LogP contribution in [0.1, 0.15) is 29.8 Å². The molecule has 32 heavy (non-hydrogen) atoms. The van der Waals surface area contributed by atoms with E-state index in [1.807, 2.05) is 6.07 Å². The zero-order chi connectivity index (χ0) is 22.9. The first-order chi connectivity index (χ1) is 15.3. The molecule has 1 fully saturated rings. The molecule has 1 saturated heterocycles. The Bertz CT molecular complexity index is 1190. The summed E-state index contributed by atoms with van der Waals surface area (Å²) in [6.45, 7) is 3.29. The van der Waals surface area contributed by atoms with E-state index in [-0.39, 0.29) is 18.2 Å². The second-order valence-electron chi connectivity index (χ2n) is 8.07. The molecule has 3 aromatic heterocycles. The number of anilines is 1. The van der Waals surface area contributed by atoms with E-state index < -0.39 is 17.7 Å². The lowest BCUT2D eigenvalue weighted by molar-refractivity contribution is -0.00178. The Morgan fingerprint density at radius 1 is 1.44 bits per heavy atom. The summed E-state index contributed by atoms with van der Waals surface area (Å²) in [6, 6.07) is 6.84. The minimum absolute atomic E-state index is 0.00885. The minimum Gasteiger partial charge on any atom is -0.387 e. The molecule has 0 saturated carbocycles. The topological polar surface area (TPSA) is 138 Å². The molecule has 1 atom stereocenters. The summed E-state index contributed by atoms with van der Waals surface area (Å²) in [4.78, 5) is 25.9. The van der Waals surface area contributed by atoms with Gasteiger partial charge in [0.2, 0.25) is 0 Å². The van der Waals surface area contributed by atoms with Crippen molar-refractivity contribution in [2.45, 2.75) is 31.7 Å². The van der Waals surface area contributed by atoms with E-state index in [0.717, 1.165) is 0 Å². The second kappa shape index (κ2) is 8.49. The molecule has 0 bridgehead atoms. The fourth-order valence-electron chi connectivity index (χ4n) is 3.05. The third-order valence-electron chi connectivity index (χ3n) is 5.08. The Morgan fingerprint density at radius 2 is 2.22 bits per heavy atom. The summed E-state index contributed by atoms with van der Waals surface area (Å²) in [7, 11) is 0. The van der Waals surface area contributed by atoms with Gasteiger partial charge in [0.15, 0.2) is 5.65 Å². The molecule has 0 spiro atoms. The highest BCUT2D eigenvalue weighted by molar-refractivity contribution is 5.99. The quantitative estimate of drug-likeness (QED) is 0.501. The van der Waals surface area contributed by atoms with Crippen molar-refractivity contribution in [2.75, 3.05) is 25.1 Å². The number of pyridine rings is 2. The number of ether oxygens (including phenoxy) is 1. The van der Waals surface area contributed by atoms with Gasteiger partial charge < -0.3 is 20.5 Å². The first kappa shape index (κ1) is 21.6. The highest BCUT2D eigenvalue weighted by Crippen LogP contribution is 2.22. The minimum atomic E-state index is -1.63. The van der Waals surface area contributed by atoms with Crippen molar-refractivity contribution in [3.05, 3.63) is 41.9 Å². The number of fused-ring (bicyclic) bond motifs is 1. The lowest BCUT2D eigenvalue weighted by Crippen LogP contribution is -2.43. The Labute approximate surface area is 183 Å². The number of halogens is 1. The lowest BCUT2D eigenvalue weighted by Gasteiger charge is -2.28. The molecule has 0 aromatic carbocycles. The van der Waals surface area contributed by atoms with E-state index in [9.17, 15) is 14.3 Å². The van der Waals surface area contributed by atoms with E-state index in [2.05, 4.69) is 25.6 Å². The summed E-state index contributed by atoms with van der Waals surface area (Å²) in [5.41, 5.74) is 0.105. The normalized spacial score (nSPS) is 15.1. The number of carbonyl (C=O) groups excluding carboxylic acids is 1. The maximum absolute atomic E-state index is 14.1. The Hall–Kier alpha value is -3.62. The summed E-state index contributed by atoms with van der Waals surface area (Å²) in [6.07, 6.45) is 1.36. The van der Waals surface area contributed by atoms with E-state index in [0.29, 0.717) is 41.6 Å². The van der Waals surface area contributed by atoms with Gasteiger partial charge in [-0.1, -0.05) is 0 Å². The van der Waals surface area contributed by atoms with Gasteiger partial charge in [-0.25, -0.2) is 19.3 Å². The number of alkyl halides is 1. The van der Waals surface area contributed by atoms with Crippen molar-refractivity contribution in [3.63, 3.8) is 0 Å². The Kier molecular flexibility index (Phi) is 5.73. The predicted octanol–water partition coefficient (Wildman–Crippen LogP) is 1.34. The van der Waals surface area contributed by atoms with E-state index in [4.69, 9.17) is 10.00 Å². The number of nitrogens with zero attached hydrogens (tertiary/aromatic N) is 5. The van der Waals surface area contributed by atoms with Crippen LogP contribution >= 0.6 is 0 Å². The van der Waals surface area contributed by atoms with Crippen molar-refractivity contribution < 1.29 is 19.0 Å². The van der Waals surface area contributed by atoms with Gasteiger partial charge in [0.1, 0.15) is 35.7 Å². The molecular weight excluding hydrogens is 417 g/mol. The number of amides is 1. The smallest absolute Gasteiger partial charge is 0.255 e. The van der Waals surface area contributed by atoms with Crippen LogP contribution in [-0.4, -0.2) is 68.1 Å². The van der Waals surface area contributed by atoms with Crippen molar-refractivity contribution in [2.24, 2.45) is 0 Å². The highest BCUT2D eigenvalue weighted by Gasteiger charge is 2.28. The van der Waals surface area contributed by atoms with Gasteiger partial charge in [-0.3, -0.25) is 9.36 Å². The van der Waals surface area contributed by atoms with Gasteiger partial charge in [0.05, 0.1) is 42.5 Å². The number of nitriles is 1. The van der Waals surface area contributed by atoms with Crippen LogP contribution in [0.3, 0.4) is 0 Å². The van der Waals surface area contributed by atoms with Crippen molar-refractivity contribution in [1.82, 2.24) is 24.8 Å². The molecule has 0 aliphatic carbocycles. The van der Waals surface area contributed by atoms with Crippen LogP contribution in [0.5, 0.6) is 0 Å². The summed E-state index contributed by atoms with van der Waals surface area (Å²) in [5.74, 6) is 0.247. The van der Waals surface area contributed by atoms with Gasteiger partial charge in [-0.2, -0.15) is 5.26 Å². The highest BCUT2D eigenvalue weighted by atomic mass is 19.1. The first-order valence-corrected chi connectivity index (χ1v) is 10.00. The Balaban J connectivity index is 1.64. The molecule has 10 nitrogen and oxygen atoms in total. The van der Waals surface area contributed by atoms with Crippen LogP contribution in [0, 0.1) is 11.3 Å². The Morgan fingerprint density at radius 3 is 2.88 bits per heavy atom. The van der Waals surface area contributed by atoms with Gasteiger partial charge in [0.25, 0.3) is 5.91 Å². The van der Waals surface area contributed by atoms with Crippen LogP contribution < -0.4 is 10.6 Å². The van der Waals surface area contributed by atoms with Gasteiger partial charge in [0, 0.05) is 6.20 Å². The third-order valence-corrected chi connectivity index (χ3v) is 5.08. The number of nitrogens with one attached hydrogen (secondary N) is 2. The standard InChI is InChI=1S/C21H22FN7O3/c1-21(2,31)16(22)8-25-20(30)14-3-4-17(28-18(14)27-13-9-32-10-13)29-11-26-15-5-12(6-23)7-24-19(15)29/h3-5,7,11,13,16,31H,8-10H2,1-2H3,(H,25,30)(H,27,28). The van der Waals surface area contributed by atoms with Crippen molar-refractivity contribution in [1.29, 1.82) is 5.26 Å². The third kappa shape index (κ3) is 4.37. The van der Waals surface area contributed by atoms with E-state index in [1.54, 1.807) is 22.8 Å². The maximum atomic E-state index is 14.1. The molecule has 0 radical (unpaired) electrons. The monoisotopic (exact) mass is 439 g/mol. The van der Waals surface area contributed by atoms with Crippen LogP contribution in [0.15, 0.2) is 30.7 Å². The van der Waals surface area contributed by atoms with Crippen LogP contribution in [0.2, 0.25) is 0 Å². The van der Waals surface area contributed by atoms with Crippen LogP contribution in [-0.2, 0) is 4.74 Å². The lowest BCUT2D eigenvalue weighted by atomic mass is 10.0. The second-order valence-corrected chi connectivity index (χ2v) is 8.07. The zero-order valence-electron chi connectivity index (χ0n) is 17.5. The SMILES string of the molecule is CC(C)(O)C(F)CNC(=O)c1ccc(-n2cnc3cc(C#N)cnc32)nc1NC1COC1. The van der Waals surface area contributed by atoms with Gasteiger partial charge >= 0.3 is 0 Å². The van der Waals surface area contributed by atoms with Crippen LogP contribution in [0.4, 0.5) is 10.2 Å². The molecule has 3 aromatic rings.